The van der Waals surface area contributed by atoms with Crippen molar-refractivity contribution in [3.05, 3.63) is 187 Å². The minimum absolute atomic E-state index is 0. The predicted molar refractivity (Wildman–Crippen MR) is 297 cm³/mol. The molecule has 0 saturated heterocycles. The van der Waals surface area contributed by atoms with Crippen molar-refractivity contribution < 1.29 is 185 Å². The van der Waals surface area contributed by atoms with E-state index in [4.69, 9.17) is 121 Å². The van der Waals surface area contributed by atoms with E-state index in [1.807, 2.05) is 0 Å². The van der Waals surface area contributed by atoms with Crippen LogP contribution in [-0.2, 0) is 34.1 Å². The SMILES string of the molecule is CC#N.CC#N.COc1cccc(C=N[C@@H]2CCCC[C@H]2N=Cc2cccc(OC)c2[O-])c1[O-].COc1cccc(C=N[C@@H]2CCCC[C@H]2N=Cc2cccc(OC)c2[O-])c1[O-].O=[N+]([O-])[O-].O=[N+]([O-])[O-].O=[N+]([O-])[O-].O=[N+]([O-])[O-].O=[N+]([O-])[O-].O=[N+]([O-])[O-].[Cu+2].[Cu+2].[Sm+3].[Sm+3]. The molecule has 0 aromatic heterocycles. The summed E-state index contributed by atoms with van der Waals surface area (Å²) in [7, 11) is 5.91. The molecule has 2 fully saturated rings. The zero-order valence-electron chi connectivity index (χ0n) is 47.6. The number of hydrogen-bond acceptors (Lipinski definition) is 32. The van der Waals surface area contributed by atoms with Gasteiger partial charge >= 0.3 is 115 Å². The summed E-state index contributed by atoms with van der Waals surface area (Å²) < 4.78 is 20.3. The van der Waals surface area contributed by atoms with Gasteiger partial charge in [-0.25, -0.2) is 0 Å². The maximum absolute atomic E-state index is 12.3. The first-order chi connectivity index (χ1) is 40.5. The van der Waals surface area contributed by atoms with Crippen LogP contribution < -0.4 is 39.4 Å². The molecule has 0 N–H and O–H groups in total. The van der Waals surface area contributed by atoms with E-state index in [0.29, 0.717) is 45.3 Å². The van der Waals surface area contributed by atoms with E-state index in [0.717, 1.165) is 51.4 Å². The quantitative estimate of drug-likeness (QED) is 0.0777. The number of ether oxygens (including phenoxy) is 4. The molecule has 42 heteroatoms. The van der Waals surface area contributed by atoms with Gasteiger partial charge in [0.2, 0.25) is 0 Å². The van der Waals surface area contributed by atoms with Crippen LogP contribution in [0, 0.1) is 195 Å². The summed E-state index contributed by atoms with van der Waals surface area (Å²) in [5.74, 6) is 0.556. The van der Waals surface area contributed by atoms with Crippen molar-refractivity contribution >= 4 is 24.9 Å². The molecule has 2 aliphatic rings. The van der Waals surface area contributed by atoms with Gasteiger partial charge in [-0.2, -0.15) is 10.5 Å². The standard InChI is InChI=1S/2C22H26N2O4.2C2H3N.2Cu.6NO3.2Sm/c2*1-27-19-11-5-7-15(21(19)25)13-23-17-9-3-4-10-18(17)24-14-16-8-6-12-20(28-2)22(16)26;2*1-2-3;;;6*2-1(3)4;;/h2*5-8,11-14,17-18,25-26H,3-4,9-10H2,1-2H3;2*1H3;;;;;;;;;;/q;;;;2*+2;6*-1;2*+3/p-4/t2*17-,18-;;;;;;;;;;;;/m11............/s1. The van der Waals surface area contributed by atoms with Gasteiger partial charge in [-0.3, -0.25) is 20.0 Å². The normalized spacial score (nSPS) is 14.2. The molecule has 0 spiro atoms. The first kappa shape index (κ1) is 98.1. The van der Waals surface area contributed by atoms with Gasteiger partial charge in [-0.1, -0.05) is 97.2 Å². The van der Waals surface area contributed by atoms with Crippen LogP contribution in [0.5, 0.6) is 46.0 Å². The molecule has 4 aromatic carbocycles. The monoisotopic (exact) mass is 1640 g/mol. The molecule has 496 valence electrons. The number of aliphatic imine (C=N–C) groups is 4. The van der Waals surface area contributed by atoms with E-state index < -0.39 is 30.5 Å². The molecular weight excluding hydrogens is 1590 g/mol. The molecule has 0 bridgehead atoms. The van der Waals surface area contributed by atoms with Gasteiger partial charge in [0.05, 0.1) is 95.3 Å². The summed E-state index contributed by atoms with van der Waals surface area (Å²) in [6.45, 7) is 2.86. The number of para-hydroxylation sites is 4. The average molecular weight is 1640 g/mol. The Morgan fingerprint density at radius 3 is 0.633 bits per heavy atom. The molecule has 0 aliphatic heterocycles. The summed E-state index contributed by atoms with van der Waals surface area (Å²) in [6.07, 6.45) is 14.4. The summed E-state index contributed by atoms with van der Waals surface area (Å²) in [5, 5.41) is 152. The zero-order valence-corrected chi connectivity index (χ0v) is 54.7. The van der Waals surface area contributed by atoms with Gasteiger partial charge < -0.3 is 131 Å². The fourth-order valence-electron chi connectivity index (χ4n) is 6.76. The van der Waals surface area contributed by atoms with Crippen molar-refractivity contribution in [3.63, 3.8) is 0 Å². The van der Waals surface area contributed by atoms with Crippen LogP contribution in [0.1, 0.15) is 87.5 Å². The summed E-state index contributed by atoms with van der Waals surface area (Å²) in [6, 6.07) is 24.0. The van der Waals surface area contributed by atoms with Crippen LogP contribution in [0.15, 0.2) is 92.8 Å². The van der Waals surface area contributed by atoms with E-state index in [9.17, 15) is 20.4 Å². The minimum atomic E-state index is -1.75. The molecule has 2 saturated carbocycles. The Hall–Kier alpha value is -8.15. The Morgan fingerprint density at radius 1 is 0.378 bits per heavy atom. The third-order valence-electron chi connectivity index (χ3n) is 9.93. The van der Waals surface area contributed by atoms with Crippen LogP contribution in [-0.4, -0.2) is 108 Å². The van der Waals surface area contributed by atoms with E-state index in [2.05, 4.69) is 20.0 Å². The number of rotatable bonds is 12. The van der Waals surface area contributed by atoms with Crippen LogP contribution in [0.25, 0.3) is 0 Å². The van der Waals surface area contributed by atoms with Gasteiger partial charge in [0.1, 0.15) is 23.0 Å². The number of benzene rings is 4. The molecule has 90 heavy (non-hydrogen) atoms. The second-order valence-electron chi connectivity index (χ2n) is 15.3. The van der Waals surface area contributed by atoms with Crippen LogP contribution in [0.4, 0.5) is 0 Å². The van der Waals surface area contributed by atoms with Crippen molar-refractivity contribution in [3.8, 4) is 58.1 Å². The molecule has 6 rings (SSSR count). The smallest absolute Gasteiger partial charge is 0.870 e. The first-order valence-electron chi connectivity index (χ1n) is 23.5. The molecule has 4 aromatic rings. The second-order valence-corrected chi connectivity index (χ2v) is 15.3. The molecule has 2 aliphatic carbocycles. The van der Waals surface area contributed by atoms with E-state index >= 15 is 0 Å². The van der Waals surface area contributed by atoms with Gasteiger partial charge in [0, 0.05) is 38.7 Å². The van der Waals surface area contributed by atoms with Crippen LogP contribution in [0.3, 0.4) is 0 Å². The fourth-order valence-corrected chi connectivity index (χ4v) is 6.76. The molecule has 4 atom stereocenters. The fraction of sp³-hybridized carbons (Fsp3) is 0.375. The Bertz CT molecular complexity index is 2500. The Labute approximate surface area is 597 Å². The van der Waals surface area contributed by atoms with Crippen molar-refractivity contribution in [2.45, 2.75) is 89.4 Å². The molecule has 0 amide bonds. The molecule has 0 unspecified atom stereocenters. The largest absolute Gasteiger partial charge is 3.00 e. The van der Waals surface area contributed by atoms with Gasteiger partial charge in [0.25, 0.3) is 0 Å². The summed E-state index contributed by atoms with van der Waals surface area (Å²) in [5.41, 5.74) is 2.01. The van der Waals surface area contributed by atoms with Crippen molar-refractivity contribution in [1.82, 2.24) is 0 Å². The third-order valence-corrected chi connectivity index (χ3v) is 9.93. The molecule has 0 heterocycles. The molecule has 38 nitrogen and oxygen atoms in total. The molecule has 4 radical (unpaired) electrons. The maximum atomic E-state index is 12.3. The number of nitriles is 2. The van der Waals surface area contributed by atoms with E-state index in [-0.39, 0.29) is 162 Å². The minimum Gasteiger partial charge on any atom is -0.870 e. The first-order valence-corrected chi connectivity index (χ1v) is 23.5. The zero-order chi connectivity index (χ0) is 66.7. The van der Waals surface area contributed by atoms with Crippen molar-refractivity contribution in [2.75, 3.05) is 28.4 Å². The second kappa shape index (κ2) is 61.1. The van der Waals surface area contributed by atoms with Crippen LogP contribution in [0.2, 0.25) is 0 Å². The van der Waals surface area contributed by atoms with E-state index in [1.165, 1.54) is 42.3 Å². The predicted octanol–water partition coefficient (Wildman–Crippen LogP) is 5.02. The van der Waals surface area contributed by atoms with E-state index in [1.54, 1.807) is 110 Å². The summed E-state index contributed by atoms with van der Waals surface area (Å²) >= 11 is 0. The van der Waals surface area contributed by atoms with Crippen LogP contribution >= 0.6 is 0 Å². The van der Waals surface area contributed by atoms with Gasteiger partial charge in [-0.15, -0.1) is 0 Å². The topological polar surface area (TPSA) is 623 Å². The van der Waals surface area contributed by atoms with Gasteiger partial charge in [0.15, 0.2) is 0 Å². The number of hydrogen-bond donors (Lipinski definition) is 0. The Kier molecular flexibility index (Phi) is 66.6. The average Bonchev–Trinajstić information content (AvgIpc) is 1.66. The third kappa shape index (κ3) is 51.9. The molecular formula is C48H54Cu2N12O26Sm2. The maximum Gasteiger partial charge on any atom is 3.00 e. The van der Waals surface area contributed by atoms with Crippen molar-refractivity contribution in [1.29, 1.82) is 10.5 Å². The Morgan fingerprint density at radius 2 is 0.511 bits per heavy atom. The Balaban J connectivity index is -0.000000167. The number of methoxy groups -OCH3 is 4. The van der Waals surface area contributed by atoms with Crippen molar-refractivity contribution in [2.24, 2.45) is 20.0 Å². The summed E-state index contributed by atoms with van der Waals surface area (Å²) in [4.78, 5) is 68.1. The number of nitrogens with zero attached hydrogens (tertiary/aromatic N) is 12. The van der Waals surface area contributed by atoms with Gasteiger partial charge in [-0.05, 0) is 72.2 Å².